The van der Waals surface area contributed by atoms with Gasteiger partial charge >= 0.3 is 0 Å². The van der Waals surface area contributed by atoms with E-state index in [1.54, 1.807) is 12.4 Å². The van der Waals surface area contributed by atoms with E-state index in [1.807, 2.05) is 13.0 Å². The van der Waals surface area contributed by atoms with E-state index in [2.05, 4.69) is 10.1 Å². The Hall–Kier alpha value is -1.38. The fraction of sp³-hybridized carbons (Fsp3) is 0.143. The van der Waals surface area contributed by atoms with E-state index in [9.17, 15) is 0 Å². The second-order valence-corrected chi connectivity index (χ2v) is 2.17. The fourth-order valence-electron chi connectivity index (χ4n) is 0.904. The first-order valence-corrected chi connectivity index (χ1v) is 3.04. The molecular formula is C7H6N2O. The molecule has 0 aliphatic carbocycles. The summed E-state index contributed by atoms with van der Waals surface area (Å²) in [4.78, 5) is 3.97. The highest BCUT2D eigenvalue weighted by Crippen LogP contribution is 2.13. The first kappa shape index (κ1) is 5.41. The van der Waals surface area contributed by atoms with Crippen LogP contribution in [0.15, 0.2) is 23.0 Å². The van der Waals surface area contributed by atoms with Crippen molar-refractivity contribution in [2.24, 2.45) is 0 Å². The monoisotopic (exact) mass is 134 g/mol. The lowest BCUT2D eigenvalue weighted by atomic mass is 10.2. The minimum atomic E-state index is 0.611. The van der Waals surface area contributed by atoms with Crippen molar-refractivity contribution >= 4 is 11.1 Å². The summed E-state index contributed by atoms with van der Waals surface area (Å²) < 4.78 is 4.84. The van der Waals surface area contributed by atoms with Crippen LogP contribution in [0, 0.1) is 6.92 Å². The van der Waals surface area contributed by atoms with Gasteiger partial charge in [-0.05, 0) is 18.6 Å². The standard InChI is InChI=1S/C7H6N2O/c1-5-2-3-8-7-6(5)4-9-10-7/h2-4H,1H3. The van der Waals surface area contributed by atoms with Crippen LogP contribution in [-0.4, -0.2) is 10.1 Å². The molecule has 2 aromatic heterocycles. The summed E-state index contributed by atoms with van der Waals surface area (Å²) >= 11 is 0. The highest BCUT2D eigenvalue weighted by Gasteiger charge is 1.99. The van der Waals surface area contributed by atoms with Crippen LogP contribution in [0.3, 0.4) is 0 Å². The van der Waals surface area contributed by atoms with Gasteiger partial charge in [0.25, 0.3) is 5.71 Å². The predicted octanol–water partition coefficient (Wildman–Crippen LogP) is 1.53. The fourth-order valence-corrected chi connectivity index (χ4v) is 0.904. The zero-order valence-corrected chi connectivity index (χ0v) is 5.53. The highest BCUT2D eigenvalue weighted by molar-refractivity contribution is 5.75. The van der Waals surface area contributed by atoms with Crippen LogP contribution < -0.4 is 0 Å². The third kappa shape index (κ3) is 0.603. The lowest BCUT2D eigenvalue weighted by Crippen LogP contribution is -1.74. The first-order valence-electron chi connectivity index (χ1n) is 3.04. The first-order chi connectivity index (χ1) is 4.88. The number of hydrogen-bond donors (Lipinski definition) is 0. The molecule has 0 saturated heterocycles. The number of rotatable bonds is 0. The van der Waals surface area contributed by atoms with Gasteiger partial charge in [0.05, 0.1) is 11.6 Å². The quantitative estimate of drug-likeness (QED) is 0.548. The molecule has 2 rings (SSSR count). The smallest absolute Gasteiger partial charge is 0.257 e. The third-order valence-corrected chi connectivity index (χ3v) is 1.49. The summed E-state index contributed by atoms with van der Waals surface area (Å²) in [5.41, 5.74) is 1.76. The van der Waals surface area contributed by atoms with Gasteiger partial charge in [0.2, 0.25) is 0 Å². The number of nitrogens with zero attached hydrogens (tertiary/aromatic N) is 2. The Morgan fingerprint density at radius 1 is 1.50 bits per heavy atom. The van der Waals surface area contributed by atoms with E-state index in [-0.39, 0.29) is 0 Å². The second kappa shape index (κ2) is 1.80. The van der Waals surface area contributed by atoms with Crippen molar-refractivity contribution < 1.29 is 4.52 Å². The Morgan fingerprint density at radius 3 is 3.20 bits per heavy atom. The largest absolute Gasteiger partial charge is 0.336 e. The van der Waals surface area contributed by atoms with Gasteiger partial charge in [0.1, 0.15) is 0 Å². The molecule has 3 heteroatoms. The maximum absolute atomic E-state index is 4.84. The molecular weight excluding hydrogens is 128 g/mol. The lowest BCUT2D eigenvalue weighted by Gasteiger charge is -1.87. The SMILES string of the molecule is Cc1ccnc2oncc12. The number of aromatic nitrogens is 2. The summed E-state index contributed by atoms with van der Waals surface area (Å²) in [7, 11) is 0. The van der Waals surface area contributed by atoms with Crippen molar-refractivity contribution in [1.29, 1.82) is 0 Å². The number of hydrogen-bond acceptors (Lipinski definition) is 3. The molecule has 3 nitrogen and oxygen atoms in total. The Labute approximate surface area is 57.7 Å². The molecule has 0 aliphatic heterocycles. The summed E-state index contributed by atoms with van der Waals surface area (Å²) in [5, 5.41) is 4.61. The van der Waals surface area contributed by atoms with Crippen molar-refractivity contribution in [2.75, 3.05) is 0 Å². The molecule has 0 saturated carbocycles. The van der Waals surface area contributed by atoms with Crippen molar-refractivity contribution in [3.05, 3.63) is 24.0 Å². The number of aryl methyl sites for hydroxylation is 1. The molecule has 10 heavy (non-hydrogen) atoms. The van der Waals surface area contributed by atoms with E-state index < -0.39 is 0 Å². The predicted molar refractivity (Wildman–Crippen MR) is 36.5 cm³/mol. The van der Waals surface area contributed by atoms with E-state index in [1.165, 1.54) is 0 Å². The van der Waals surface area contributed by atoms with E-state index in [4.69, 9.17) is 4.52 Å². The van der Waals surface area contributed by atoms with Crippen LogP contribution in [0.2, 0.25) is 0 Å². The van der Waals surface area contributed by atoms with Gasteiger partial charge in [-0.2, -0.15) is 0 Å². The van der Waals surface area contributed by atoms with E-state index >= 15 is 0 Å². The molecule has 0 aliphatic rings. The van der Waals surface area contributed by atoms with Crippen molar-refractivity contribution in [2.45, 2.75) is 6.92 Å². The summed E-state index contributed by atoms with van der Waals surface area (Å²) in [6.45, 7) is 2.00. The summed E-state index contributed by atoms with van der Waals surface area (Å²) in [6.07, 6.45) is 3.39. The normalized spacial score (nSPS) is 10.5. The zero-order chi connectivity index (χ0) is 6.97. The van der Waals surface area contributed by atoms with Crippen molar-refractivity contribution in [1.82, 2.24) is 10.1 Å². The number of fused-ring (bicyclic) bond motifs is 1. The topological polar surface area (TPSA) is 38.9 Å². The molecule has 0 bridgehead atoms. The Morgan fingerprint density at radius 2 is 2.40 bits per heavy atom. The minimum absolute atomic E-state index is 0.611. The summed E-state index contributed by atoms with van der Waals surface area (Å²) in [6, 6.07) is 1.93. The number of pyridine rings is 1. The van der Waals surface area contributed by atoms with Crippen molar-refractivity contribution in [3.8, 4) is 0 Å². The Balaban J connectivity index is 2.95. The minimum Gasteiger partial charge on any atom is -0.336 e. The Bertz CT molecular complexity index is 353. The molecule has 0 unspecified atom stereocenters. The molecule has 0 aromatic carbocycles. The van der Waals surface area contributed by atoms with Crippen LogP contribution in [0.25, 0.3) is 11.1 Å². The van der Waals surface area contributed by atoms with Gasteiger partial charge in [-0.1, -0.05) is 5.16 Å². The van der Waals surface area contributed by atoms with E-state index in [0.717, 1.165) is 10.9 Å². The van der Waals surface area contributed by atoms with Gasteiger partial charge in [0, 0.05) is 6.20 Å². The molecule has 2 heterocycles. The average molecular weight is 134 g/mol. The molecule has 0 fully saturated rings. The van der Waals surface area contributed by atoms with Gasteiger partial charge in [0.15, 0.2) is 0 Å². The van der Waals surface area contributed by atoms with E-state index in [0.29, 0.717) is 5.71 Å². The van der Waals surface area contributed by atoms with Crippen molar-refractivity contribution in [3.63, 3.8) is 0 Å². The highest BCUT2D eigenvalue weighted by atomic mass is 16.5. The third-order valence-electron chi connectivity index (χ3n) is 1.49. The van der Waals surface area contributed by atoms with Gasteiger partial charge < -0.3 is 4.52 Å². The van der Waals surface area contributed by atoms with Crippen LogP contribution in [-0.2, 0) is 0 Å². The zero-order valence-electron chi connectivity index (χ0n) is 5.53. The maximum atomic E-state index is 4.84. The maximum Gasteiger partial charge on any atom is 0.257 e. The molecule has 2 aromatic rings. The molecule has 0 radical (unpaired) electrons. The molecule has 0 atom stereocenters. The molecule has 0 spiro atoms. The molecule has 0 N–H and O–H groups in total. The van der Waals surface area contributed by atoms with Gasteiger partial charge in [-0.15, -0.1) is 0 Å². The molecule has 0 amide bonds. The van der Waals surface area contributed by atoms with Gasteiger partial charge in [-0.3, -0.25) is 0 Å². The van der Waals surface area contributed by atoms with Crippen LogP contribution >= 0.6 is 0 Å². The molecule has 50 valence electrons. The van der Waals surface area contributed by atoms with Crippen LogP contribution in [0.4, 0.5) is 0 Å². The average Bonchev–Trinajstić information content (AvgIpc) is 2.36. The Kier molecular flexibility index (Phi) is 0.974. The summed E-state index contributed by atoms with van der Waals surface area (Å²) in [5.74, 6) is 0. The van der Waals surface area contributed by atoms with Gasteiger partial charge in [-0.25, -0.2) is 4.98 Å². The van der Waals surface area contributed by atoms with Crippen LogP contribution in [0.1, 0.15) is 5.56 Å². The van der Waals surface area contributed by atoms with Crippen LogP contribution in [0.5, 0.6) is 0 Å². The second-order valence-electron chi connectivity index (χ2n) is 2.17. The lowest BCUT2D eigenvalue weighted by molar-refractivity contribution is 0.448.